The summed E-state index contributed by atoms with van der Waals surface area (Å²) in [5.41, 5.74) is 3.77. The van der Waals surface area contributed by atoms with Gasteiger partial charge in [-0.3, -0.25) is 9.11 Å². The van der Waals surface area contributed by atoms with Gasteiger partial charge < -0.3 is 4.84 Å². The van der Waals surface area contributed by atoms with E-state index < -0.39 is 22.7 Å². The molecule has 0 aliphatic carbocycles. The van der Waals surface area contributed by atoms with Crippen LogP contribution in [0, 0.1) is 0 Å². The molecule has 0 unspecified atom stereocenters. The van der Waals surface area contributed by atoms with Crippen molar-refractivity contribution in [3.63, 3.8) is 0 Å². The summed E-state index contributed by atoms with van der Waals surface area (Å²) in [7, 11) is 0. The van der Waals surface area contributed by atoms with Gasteiger partial charge in [0.1, 0.15) is 0 Å². The van der Waals surface area contributed by atoms with E-state index in [2.05, 4.69) is 9.11 Å². The van der Waals surface area contributed by atoms with Gasteiger partial charge in [-0.05, 0) is 12.1 Å². The lowest BCUT2D eigenvalue weighted by Gasteiger charge is -2.11. The Morgan fingerprint density at radius 2 is 1.82 bits per heavy atom. The predicted octanol–water partition coefficient (Wildman–Crippen LogP) is 0.831. The maximum Gasteiger partial charge on any atom is 0.317 e. The van der Waals surface area contributed by atoms with E-state index in [1.807, 2.05) is 30.3 Å². The number of para-hydroxylation sites is 1. The lowest BCUT2D eigenvalue weighted by atomic mass is 10.2. The fraction of sp³-hybridized carbons (Fsp3) is 0. The van der Waals surface area contributed by atoms with E-state index >= 15 is 0 Å². The maximum absolute atomic E-state index is 9.35. The summed E-state index contributed by atoms with van der Waals surface area (Å²) in [5.74, 6) is 0.880. The molecule has 0 saturated carbocycles. The van der Waals surface area contributed by atoms with Gasteiger partial charge in [-0.1, -0.05) is 18.2 Å². The Morgan fingerprint density at radius 3 is 2.35 bits per heavy atom. The van der Waals surface area contributed by atoms with E-state index in [1.54, 1.807) is 6.20 Å². The van der Waals surface area contributed by atoms with Crippen molar-refractivity contribution in [1.82, 2.24) is 5.48 Å². The molecule has 0 radical (unpaired) electrons. The minimum atomic E-state index is -2.65. The highest BCUT2D eigenvalue weighted by atomic mass is 32.3. The van der Waals surface area contributed by atoms with Crippen LogP contribution in [-0.4, -0.2) is 17.5 Å². The Balaban J connectivity index is 0.000000185. The van der Waals surface area contributed by atoms with Gasteiger partial charge in [-0.25, -0.2) is 5.48 Å². The van der Waals surface area contributed by atoms with Crippen LogP contribution in [0.15, 0.2) is 30.5 Å². The second-order valence-electron chi connectivity index (χ2n) is 2.59. The van der Waals surface area contributed by atoms with Crippen molar-refractivity contribution in [3.8, 4) is 5.75 Å². The van der Waals surface area contributed by atoms with E-state index in [9.17, 15) is 8.42 Å². The van der Waals surface area contributed by atoms with Crippen molar-refractivity contribution in [3.05, 3.63) is 36.0 Å². The lowest BCUT2D eigenvalue weighted by Crippen LogP contribution is -2.13. The normalized spacial score (nSPS) is 15.4. The molecule has 9 heteroatoms. The van der Waals surface area contributed by atoms with Crippen molar-refractivity contribution >= 4 is 28.8 Å². The molecule has 0 aromatic heterocycles. The fourth-order valence-corrected chi connectivity index (χ4v) is 1.38. The molecule has 1 aromatic carbocycles. The van der Waals surface area contributed by atoms with Crippen LogP contribution in [-0.2, 0) is 26.4 Å². The second kappa shape index (κ2) is 7.14. The van der Waals surface area contributed by atoms with Gasteiger partial charge >= 0.3 is 22.7 Å². The third-order valence-corrected chi connectivity index (χ3v) is 2.47. The van der Waals surface area contributed by atoms with Crippen LogP contribution in [0.25, 0.3) is 6.08 Å². The maximum atomic E-state index is 9.35. The number of hydrogen-bond acceptors (Lipinski definition) is 5. The van der Waals surface area contributed by atoms with Gasteiger partial charge in [0.15, 0.2) is 5.75 Å². The first kappa shape index (κ1) is 13.8. The number of rotatable bonds is 2. The molecule has 0 saturated heterocycles. The third kappa shape index (κ3) is 5.56. The third-order valence-electron chi connectivity index (χ3n) is 1.54. The summed E-state index contributed by atoms with van der Waals surface area (Å²) in [6, 6.07) is 7.86. The number of nitrogens with one attached hydrogen (secondary N) is 1. The van der Waals surface area contributed by atoms with Crippen LogP contribution in [0.4, 0.5) is 0 Å². The summed E-state index contributed by atoms with van der Waals surface area (Å²) in [4.78, 5) is 5.09. The average molecular weight is 279 g/mol. The van der Waals surface area contributed by atoms with Crippen LogP contribution >= 0.6 is 0 Å². The highest BCUT2D eigenvalue weighted by Crippen LogP contribution is 2.20. The van der Waals surface area contributed by atoms with E-state index in [4.69, 9.17) is 13.9 Å². The summed E-state index contributed by atoms with van der Waals surface area (Å²) in [5, 5.41) is 0. The Hall–Kier alpha value is -1.26. The first-order valence-electron chi connectivity index (χ1n) is 4.18. The zero-order valence-electron chi connectivity index (χ0n) is 8.31. The zero-order valence-corrected chi connectivity index (χ0v) is 9.94. The molecule has 17 heavy (non-hydrogen) atoms. The Labute approximate surface area is 102 Å². The van der Waals surface area contributed by atoms with Crippen molar-refractivity contribution in [2.45, 2.75) is 0 Å². The molecule has 0 spiro atoms. The Bertz CT molecular complexity index is 437. The molecule has 0 atom stereocenters. The number of hydroxylamine groups is 1. The molecular formula is C8H9NO6S2. The van der Waals surface area contributed by atoms with Gasteiger partial charge in [0, 0.05) is 11.8 Å². The van der Waals surface area contributed by atoms with Crippen molar-refractivity contribution < 1.29 is 26.0 Å². The van der Waals surface area contributed by atoms with Gasteiger partial charge in [-0.2, -0.15) is 8.42 Å². The SMILES string of the molecule is C1=Cc2ccccc2ON1.O=S(O)OS(=O)O. The van der Waals surface area contributed by atoms with Crippen LogP contribution in [0.2, 0.25) is 0 Å². The standard InChI is InChI=1S/C8H7NO.H2O5S2/c1-2-4-8-7(3-1)5-6-9-10-8;1-6(2)5-7(3)4/h1-6,9H;(H,1,2)(H,3,4). The molecule has 0 amide bonds. The first-order valence-corrected chi connectivity index (χ1v) is 6.24. The smallest absolute Gasteiger partial charge is 0.317 e. The average Bonchev–Trinajstić information content (AvgIpc) is 2.28. The molecule has 0 fully saturated rings. The highest BCUT2D eigenvalue weighted by molar-refractivity contribution is 7.87. The summed E-state index contributed by atoms with van der Waals surface area (Å²) in [6.45, 7) is 0. The van der Waals surface area contributed by atoms with Crippen molar-refractivity contribution in [1.29, 1.82) is 0 Å². The van der Waals surface area contributed by atoms with E-state index in [-0.39, 0.29) is 0 Å². The van der Waals surface area contributed by atoms with E-state index in [1.165, 1.54) is 0 Å². The molecule has 2 rings (SSSR count). The molecule has 0 bridgehead atoms. The monoisotopic (exact) mass is 279 g/mol. The van der Waals surface area contributed by atoms with Crippen LogP contribution in [0.3, 0.4) is 0 Å². The van der Waals surface area contributed by atoms with Crippen LogP contribution in [0.5, 0.6) is 5.75 Å². The van der Waals surface area contributed by atoms with Gasteiger partial charge in [0.2, 0.25) is 0 Å². The van der Waals surface area contributed by atoms with Gasteiger partial charge in [0.05, 0.1) is 0 Å². The summed E-state index contributed by atoms with van der Waals surface area (Å²) >= 11 is -5.29. The topological polar surface area (TPSA) is 105 Å². The lowest BCUT2D eigenvalue weighted by molar-refractivity contribution is 0.239. The molecule has 7 nitrogen and oxygen atoms in total. The molecular weight excluding hydrogens is 270 g/mol. The molecule has 3 N–H and O–H groups in total. The minimum Gasteiger partial charge on any atom is -0.382 e. The second-order valence-corrected chi connectivity index (χ2v) is 4.01. The van der Waals surface area contributed by atoms with Gasteiger partial charge in [-0.15, -0.1) is 3.63 Å². The Kier molecular flexibility index (Phi) is 5.80. The number of fused-ring (bicyclic) bond motifs is 1. The molecule has 1 aliphatic heterocycles. The first-order chi connectivity index (χ1) is 8.09. The Morgan fingerprint density at radius 1 is 1.18 bits per heavy atom. The van der Waals surface area contributed by atoms with E-state index in [0.717, 1.165) is 11.3 Å². The molecule has 1 heterocycles. The summed E-state index contributed by atoms with van der Waals surface area (Å²) < 4.78 is 37.2. The van der Waals surface area contributed by atoms with Crippen LogP contribution in [0.1, 0.15) is 5.56 Å². The largest absolute Gasteiger partial charge is 0.382 e. The molecule has 1 aliphatic rings. The highest BCUT2D eigenvalue weighted by Gasteiger charge is 2.01. The quantitative estimate of drug-likeness (QED) is 0.688. The molecule has 1 aromatic rings. The molecule has 94 valence electrons. The minimum absolute atomic E-state index is 0.880. The summed E-state index contributed by atoms with van der Waals surface area (Å²) in [6.07, 6.45) is 3.74. The van der Waals surface area contributed by atoms with Gasteiger partial charge in [0.25, 0.3) is 0 Å². The van der Waals surface area contributed by atoms with Crippen molar-refractivity contribution in [2.24, 2.45) is 0 Å². The number of hydrogen-bond donors (Lipinski definition) is 3. The predicted molar refractivity (Wildman–Crippen MR) is 61.9 cm³/mol. The fourth-order valence-electron chi connectivity index (χ4n) is 0.982. The van der Waals surface area contributed by atoms with E-state index in [0.29, 0.717) is 0 Å². The van der Waals surface area contributed by atoms with Crippen LogP contribution < -0.4 is 10.3 Å². The van der Waals surface area contributed by atoms with Crippen molar-refractivity contribution in [2.75, 3.05) is 0 Å². The zero-order chi connectivity index (χ0) is 12.7. The number of benzene rings is 1.